The molecule has 0 spiro atoms. The molecular weight excluding hydrogens is 272 g/mol. The van der Waals surface area contributed by atoms with Crippen molar-refractivity contribution in [3.8, 4) is 0 Å². The van der Waals surface area contributed by atoms with Crippen molar-refractivity contribution in [1.82, 2.24) is 4.98 Å². The number of benzene rings is 1. The second kappa shape index (κ2) is 5.96. The molecule has 0 saturated carbocycles. The SMILES string of the molecule is Nc1ccc(Cc2[nH]ccc2C(O)=CC(=O)C(=O)O)cc1. The molecule has 5 N–H and O–H groups in total. The van der Waals surface area contributed by atoms with Gasteiger partial charge in [0, 0.05) is 35.6 Å². The third kappa shape index (κ3) is 3.50. The zero-order valence-corrected chi connectivity index (χ0v) is 11.0. The summed E-state index contributed by atoms with van der Waals surface area (Å²) in [7, 11) is 0. The first-order valence-electron chi connectivity index (χ1n) is 6.16. The van der Waals surface area contributed by atoms with E-state index in [1.165, 1.54) is 0 Å². The summed E-state index contributed by atoms with van der Waals surface area (Å²) in [5, 5.41) is 18.4. The zero-order chi connectivity index (χ0) is 15.4. The van der Waals surface area contributed by atoms with Crippen LogP contribution >= 0.6 is 0 Å². The van der Waals surface area contributed by atoms with E-state index in [0.29, 0.717) is 29.4 Å². The van der Waals surface area contributed by atoms with Gasteiger partial charge in [-0.25, -0.2) is 4.79 Å². The number of anilines is 1. The third-order valence-electron chi connectivity index (χ3n) is 2.95. The Bertz CT molecular complexity index is 699. The molecule has 1 aromatic carbocycles. The van der Waals surface area contributed by atoms with Gasteiger partial charge in [0.1, 0.15) is 5.76 Å². The van der Waals surface area contributed by atoms with Crippen LogP contribution in [-0.2, 0) is 16.0 Å². The molecule has 108 valence electrons. The number of aliphatic hydroxyl groups excluding tert-OH is 1. The number of carbonyl (C=O) groups excluding carboxylic acids is 1. The van der Waals surface area contributed by atoms with E-state index in [0.717, 1.165) is 5.56 Å². The number of nitrogens with two attached hydrogens (primary N) is 1. The van der Waals surface area contributed by atoms with Crippen LogP contribution in [0, 0.1) is 0 Å². The van der Waals surface area contributed by atoms with Gasteiger partial charge in [-0.15, -0.1) is 0 Å². The van der Waals surface area contributed by atoms with Crippen LogP contribution in [0.4, 0.5) is 5.69 Å². The lowest BCUT2D eigenvalue weighted by atomic mass is 10.1. The summed E-state index contributed by atoms with van der Waals surface area (Å²) in [6, 6.07) is 8.81. The Hall–Kier alpha value is -3.02. The van der Waals surface area contributed by atoms with Gasteiger partial charge in [-0.2, -0.15) is 0 Å². The van der Waals surface area contributed by atoms with E-state index in [1.807, 2.05) is 12.1 Å². The smallest absolute Gasteiger partial charge is 0.376 e. The molecule has 0 amide bonds. The van der Waals surface area contributed by atoms with E-state index < -0.39 is 11.8 Å². The normalized spacial score (nSPS) is 11.3. The van der Waals surface area contributed by atoms with E-state index in [1.54, 1.807) is 24.4 Å². The summed E-state index contributed by atoms with van der Waals surface area (Å²) in [6.07, 6.45) is 2.79. The van der Waals surface area contributed by atoms with Crippen molar-refractivity contribution in [2.45, 2.75) is 6.42 Å². The summed E-state index contributed by atoms with van der Waals surface area (Å²) in [5.74, 6) is -3.17. The van der Waals surface area contributed by atoms with E-state index in [9.17, 15) is 14.7 Å². The maximum absolute atomic E-state index is 11.1. The minimum atomic E-state index is -1.61. The average Bonchev–Trinajstić information content (AvgIpc) is 2.89. The predicted octanol–water partition coefficient (Wildman–Crippen LogP) is 1.74. The van der Waals surface area contributed by atoms with Gasteiger partial charge in [-0.1, -0.05) is 12.1 Å². The number of carboxylic acid groups (broad SMARTS) is 1. The monoisotopic (exact) mass is 286 g/mol. The number of nitrogen functional groups attached to an aromatic ring is 1. The second-order valence-corrected chi connectivity index (χ2v) is 4.49. The number of aliphatic hydroxyl groups is 1. The third-order valence-corrected chi connectivity index (χ3v) is 2.95. The Morgan fingerprint density at radius 1 is 1.14 bits per heavy atom. The molecule has 6 nitrogen and oxygen atoms in total. The minimum absolute atomic E-state index is 0.380. The van der Waals surface area contributed by atoms with Gasteiger partial charge >= 0.3 is 5.97 Å². The van der Waals surface area contributed by atoms with Gasteiger partial charge in [-0.05, 0) is 23.8 Å². The lowest BCUT2D eigenvalue weighted by molar-refractivity contribution is -0.146. The summed E-state index contributed by atoms with van der Waals surface area (Å²) < 4.78 is 0. The first kappa shape index (κ1) is 14.4. The fraction of sp³-hybridized carbons (Fsp3) is 0.0667. The van der Waals surface area contributed by atoms with Crippen LogP contribution in [-0.4, -0.2) is 26.9 Å². The van der Waals surface area contributed by atoms with Crippen molar-refractivity contribution in [3.63, 3.8) is 0 Å². The molecule has 6 heteroatoms. The van der Waals surface area contributed by atoms with Gasteiger partial charge in [0.2, 0.25) is 0 Å². The van der Waals surface area contributed by atoms with Gasteiger partial charge < -0.3 is 20.9 Å². The molecule has 0 aliphatic carbocycles. The number of carboxylic acids is 1. The second-order valence-electron chi connectivity index (χ2n) is 4.49. The van der Waals surface area contributed by atoms with Crippen molar-refractivity contribution in [2.75, 3.05) is 5.73 Å². The first-order valence-corrected chi connectivity index (χ1v) is 6.16. The molecule has 2 aromatic rings. The number of ketones is 1. The van der Waals surface area contributed by atoms with Crippen LogP contribution in [0.5, 0.6) is 0 Å². The first-order chi connectivity index (χ1) is 9.97. The van der Waals surface area contributed by atoms with Crippen molar-refractivity contribution in [2.24, 2.45) is 0 Å². The van der Waals surface area contributed by atoms with E-state index in [2.05, 4.69) is 4.98 Å². The number of H-pyrrole nitrogens is 1. The summed E-state index contributed by atoms with van der Waals surface area (Å²) in [6.45, 7) is 0. The topological polar surface area (TPSA) is 116 Å². The van der Waals surface area contributed by atoms with Gasteiger partial charge in [0.25, 0.3) is 5.78 Å². The van der Waals surface area contributed by atoms with E-state index >= 15 is 0 Å². The lowest BCUT2D eigenvalue weighted by Crippen LogP contribution is -2.09. The highest BCUT2D eigenvalue weighted by Crippen LogP contribution is 2.19. The largest absolute Gasteiger partial charge is 0.507 e. The van der Waals surface area contributed by atoms with Crippen molar-refractivity contribution >= 4 is 23.2 Å². The Morgan fingerprint density at radius 2 is 1.81 bits per heavy atom. The molecule has 0 fully saturated rings. The number of carbonyl (C=O) groups is 2. The predicted molar refractivity (Wildman–Crippen MR) is 77.7 cm³/mol. The summed E-state index contributed by atoms with van der Waals surface area (Å²) in [5.41, 5.74) is 8.29. The quantitative estimate of drug-likeness (QED) is 0.289. The maximum atomic E-state index is 11.1. The van der Waals surface area contributed by atoms with Crippen LogP contribution in [0.25, 0.3) is 5.76 Å². The minimum Gasteiger partial charge on any atom is -0.507 e. The van der Waals surface area contributed by atoms with Crippen LogP contribution in [0.1, 0.15) is 16.8 Å². The molecule has 0 aliphatic heterocycles. The number of hydrogen-bond donors (Lipinski definition) is 4. The van der Waals surface area contributed by atoms with Crippen LogP contribution in [0.15, 0.2) is 42.6 Å². The van der Waals surface area contributed by atoms with Crippen molar-refractivity contribution in [1.29, 1.82) is 0 Å². The number of rotatable bonds is 5. The molecule has 1 heterocycles. The van der Waals surface area contributed by atoms with Crippen LogP contribution in [0.3, 0.4) is 0 Å². The molecule has 0 bridgehead atoms. The fourth-order valence-corrected chi connectivity index (χ4v) is 1.89. The summed E-state index contributed by atoms with van der Waals surface area (Å²) in [4.78, 5) is 24.5. The molecule has 21 heavy (non-hydrogen) atoms. The number of aliphatic carboxylic acids is 1. The average molecular weight is 286 g/mol. The Labute approximate surface area is 120 Å². The Balaban J connectivity index is 2.24. The molecule has 0 radical (unpaired) electrons. The number of hydrogen-bond acceptors (Lipinski definition) is 4. The van der Waals surface area contributed by atoms with E-state index in [-0.39, 0.29) is 5.76 Å². The highest BCUT2D eigenvalue weighted by atomic mass is 16.4. The molecule has 1 aromatic heterocycles. The van der Waals surface area contributed by atoms with Gasteiger partial charge in [0.15, 0.2) is 0 Å². The number of aromatic amines is 1. The zero-order valence-electron chi connectivity index (χ0n) is 11.0. The van der Waals surface area contributed by atoms with Crippen LogP contribution < -0.4 is 5.73 Å². The Morgan fingerprint density at radius 3 is 2.43 bits per heavy atom. The number of aromatic nitrogens is 1. The highest BCUT2D eigenvalue weighted by molar-refractivity contribution is 6.38. The number of nitrogens with one attached hydrogen (secondary N) is 1. The molecule has 0 saturated heterocycles. The van der Waals surface area contributed by atoms with Crippen molar-refractivity contribution in [3.05, 3.63) is 59.4 Å². The molecule has 0 aliphatic rings. The lowest BCUT2D eigenvalue weighted by Gasteiger charge is -2.04. The molecule has 2 rings (SSSR count). The van der Waals surface area contributed by atoms with Gasteiger partial charge in [0.05, 0.1) is 0 Å². The van der Waals surface area contributed by atoms with Gasteiger partial charge in [-0.3, -0.25) is 4.79 Å². The van der Waals surface area contributed by atoms with Crippen LogP contribution in [0.2, 0.25) is 0 Å². The Kier molecular flexibility index (Phi) is 4.08. The molecule has 0 atom stereocenters. The fourth-order valence-electron chi connectivity index (χ4n) is 1.89. The molecule has 0 unspecified atom stereocenters. The summed E-state index contributed by atoms with van der Waals surface area (Å²) >= 11 is 0. The van der Waals surface area contributed by atoms with E-state index in [4.69, 9.17) is 10.8 Å². The standard InChI is InChI=1S/C15H14N2O4/c16-10-3-1-9(2-4-10)7-12-11(5-6-17-12)13(18)8-14(19)15(20)21/h1-6,8,17-18H,7,16H2,(H,20,21). The van der Waals surface area contributed by atoms with Crippen molar-refractivity contribution < 1.29 is 19.8 Å². The maximum Gasteiger partial charge on any atom is 0.376 e. The highest BCUT2D eigenvalue weighted by Gasteiger charge is 2.14. The molecular formula is C15H14N2O4.